The zero-order chi connectivity index (χ0) is 20.6. The largest absolute Gasteiger partial charge is 0.478 e. The standard InChI is InChI=1S/C20H21N3O4S/c1-5-14-21-18-16(13(9-28-18)20(26)27)19(25)23(14)8-15(24)22-17-11(3)6-10(2)7-12(17)4/h6-7,9H,5,8H2,1-4H3,(H,22,24)(H,26,27). The first kappa shape index (κ1) is 19.8. The molecule has 8 heteroatoms. The molecule has 28 heavy (non-hydrogen) atoms. The smallest absolute Gasteiger partial charge is 0.337 e. The Morgan fingerprint density at radius 1 is 1.21 bits per heavy atom. The second kappa shape index (κ2) is 7.55. The predicted octanol–water partition coefficient (Wildman–Crippen LogP) is 3.28. The fourth-order valence-electron chi connectivity index (χ4n) is 3.36. The van der Waals surface area contributed by atoms with Crippen molar-refractivity contribution in [1.82, 2.24) is 9.55 Å². The molecule has 0 bridgehead atoms. The van der Waals surface area contributed by atoms with Crippen LogP contribution >= 0.6 is 11.3 Å². The summed E-state index contributed by atoms with van der Waals surface area (Å²) in [5.41, 5.74) is 3.11. The third-order valence-electron chi connectivity index (χ3n) is 4.56. The molecule has 0 radical (unpaired) electrons. The Labute approximate surface area is 165 Å². The Bertz CT molecular complexity index is 1140. The molecule has 1 amide bonds. The normalized spacial score (nSPS) is 11.0. The van der Waals surface area contributed by atoms with Crippen LogP contribution in [0, 0.1) is 20.8 Å². The van der Waals surface area contributed by atoms with E-state index in [0.717, 1.165) is 33.7 Å². The number of hydrogen-bond donors (Lipinski definition) is 2. The van der Waals surface area contributed by atoms with Crippen molar-refractivity contribution >= 4 is 39.1 Å². The average molecular weight is 399 g/mol. The molecule has 3 rings (SSSR count). The van der Waals surface area contributed by atoms with Crippen molar-refractivity contribution in [1.29, 1.82) is 0 Å². The third kappa shape index (κ3) is 3.55. The number of carbonyl (C=O) groups is 2. The molecule has 0 aliphatic rings. The summed E-state index contributed by atoms with van der Waals surface area (Å²) in [6.45, 7) is 7.42. The number of hydrogen-bond acceptors (Lipinski definition) is 5. The van der Waals surface area contributed by atoms with Gasteiger partial charge in [0.15, 0.2) is 0 Å². The first-order valence-electron chi connectivity index (χ1n) is 8.84. The van der Waals surface area contributed by atoms with E-state index in [1.807, 2.05) is 39.8 Å². The SMILES string of the molecule is CCc1nc2scc(C(=O)O)c2c(=O)n1CC(=O)Nc1c(C)cc(C)cc1C. The van der Waals surface area contributed by atoms with E-state index in [9.17, 15) is 19.5 Å². The number of benzene rings is 1. The van der Waals surface area contributed by atoms with Gasteiger partial charge in [-0.1, -0.05) is 24.6 Å². The van der Waals surface area contributed by atoms with Crippen molar-refractivity contribution in [2.24, 2.45) is 0 Å². The number of rotatable bonds is 5. The summed E-state index contributed by atoms with van der Waals surface area (Å²) in [7, 11) is 0. The number of aryl methyl sites for hydroxylation is 4. The molecule has 1 aromatic carbocycles. The van der Waals surface area contributed by atoms with Crippen LogP contribution in [-0.4, -0.2) is 26.5 Å². The quantitative estimate of drug-likeness (QED) is 0.686. The molecule has 0 aliphatic carbocycles. The number of nitrogens with zero attached hydrogens (tertiary/aromatic N) is 2. The predicted molar refractivity (Wildman–Crippen MR) is 110 cm³/mol. The van der Waals surface area contributed by atoms with Crippen molar-refractivity contribution in [3.63, 3.8) is 0 Å². The Balaban J connectivity index is 2.01. The van der Waals surface area contributed by atoms with Crippen molar-refractivity contribution in [3.05, 3.63) is 55.9 Å². The molecule has 0 saturated carbocycles. The minimum Gasteiger partial charge on any atom is -0.478 e. The van der Waals surface area contributed by atoms with Gasteiger partial charge in [-0.2, -0.15) is 0 Å². The maximum absolute atomic E-state index is 12.9. The van der Waals surface area contributed by atoms with E-state index in [1.54, 1.807) is 0 Å². The molecule has 0 atom stereocenters. The topological polar surface area (TPSA) is 101 Å². The van der Waals surface area contributed by atoms with Gasteiger partial charge in [-0.05, 0) is 31.9 Å². The number of thiophene rings is 1. The van der Waals surface area contributed by atoms with Gasteiger partial charge < -0.3 is 10.4 Å². The second-order valence-corrected chi connectivity index (χ2v) is 7.59. The maximum Gasteiger partial charge on any atom is 0.337 e. The van der Waals surface area contributed by atoms with Crippen LogP contribution in [0.4, 0.5) is 5.69 Å². The summed E-state index contributed by atoms with van der Waals surface area (Å²) in [5.74, 6) is -1.10. The van der Waals surface area contributed by atoms with Gasteiger partial charge >= 0.3 is 5.97 Å². The lowest BCUT2D eigenvalue weighted by Crippen LogP contribution is -2.31. The van der Waals surface area contributed by atoms with Gasteiger partial charge in [-0.25, -0.2) is 9.78 Å². The van der Waals surface area contributed by atoms with E-state index < -0.39 is 11.5 Å². The van der Waals surface area contributed by atoms with Crippen molar-refractivity contribution < 1.29 is 14.7 Å². The van der Waals surface area contributed by atoms with Crippen LogP contribution in [0.1, 0.15) is 39.8 Å². The number of amides is 1. The fraction of sp³-hybridized carbons (Fsp3) is 0.300. The summed E-state index contributed by atoms with van der Waals surface area (Å²) < 4.78 is 1.26. The molecule has 0 fully saturated rings. The number of aromatic carboxylic acids is 1. The number of carbonyl (C=O) groups excluding carboxylic acids is 1. The highest BCUT2D eigenvalue weighted by Crippen LogP contribution is 2.23. The lowest BCUT2D eigenvalue weighted by molar-refractivity contribution is -0.116. The molecule has 0 unspecified atom stereocenters. The number of aromatic nitrogens is 2. The number of nitrogens with one attached hydrogen (secondary N) is 1. The zero-order valence-electron chi connectivity index (χ0n) is 16.1. The van der Waals surface area contributed by atoms with E-state index in [4.69, 9.17) is 0 Å². The maximum atomic E-state index is 12.9. The van der Waals surface area contributed by atoms with Gasteiger partial charge in [0.1, 0.15) is 17.2 Å². The summed E-state index contributed by atoms with van der Waals surface area (Å²) >= 11 is 1.12. The van der Waals surface area contributed by atoms with Crippen LogP contribution in [0.15, 0.2) is 22.3 Å². The van der Waals surface area contributed by atoms with Crippen LogP contribution in [-0.2, 0) is 17.8 Å². The van der Waals surface area contributed by atoms with Crippen LogP contribution in [0.25, 0.3) is 10.2 Å². The van der Waals surface area contributed by atoms with Crippen LogP contribution < -0.4 is 10.9 Å². The molecule has 0 aliphatic heterocycles. The molecule has 3 aromatic rings. The second-order valence-electron chi connectivity index (χ2n) is 6.73. The summed E-state index contributed by atoms with van der Waals surface area (Å²) in [6, 6.07) is 3.95. The third-order valence-corrected chi connectivity index (χ3v) is 5.43. The number of fused-ring (bicyclic) bond motifs is 1. The van der Waals surface area contributed by atoms with Crippen molar-refractivity contribution in [2.45, 2.75) is 40.7 Å². The molecule has 0 spiro atoms. The van der Waals surface area contributed by atoms with Crippen molar-refractivity contribution in [2.75, 3.05) is 5.32 Å². The van der Waals surface area contributed by atoms with Gasteiger partial charge in [0.2, 0.25) is 5.91 Å². The van der Waals surface area contributed by atoms with Crippen LogP contribution in [0.3, 0.4) is 0 Å². The Morgan fingerprint density at radius 3 is 2.43 bits per heavy atom. The highest BCUT2D eigenvalue weighted by Gasteiger charge is 2.20. The van der Waals surface area contributed by atoms with Crippen LogP contribution in [0.5, 0.6) is 0 Å². The molecule has 146 valence electrons. The number of anilines is 1. The lowest BCUT2D eigenvalue weighted by Gasteiger charge is -2.15. The van der Waals surface area contributed by atoms with Gasteiger partial charge in [0, 0.05) is 17.5 Å². The molecule has 0 saturated heterocycles. The van der Waals surface area contributed by atoms with Gasteiger partial charge in [0.05, 0.1) is 10.9 Å². The zero-order valence-corrected chi connectivity index (χ0v) is 16.9. The Kier molecular flexibility index (Phi) is 5.33. The average Bonchev–Trinajstić information content (AvgIpc) is 3.04. The van der Waals surface area contributed by atoms with E-state index in [-0.39, 0.29) is 23.4 Å². The summed E-state index contributed by atoms with van der Waals surface area (Å²) in [6.07, 6.45) is 0.446. The first-order valence-corrected chi connectivity index (χ1v) is 9.72. The van der Waals surface area contributed by atoms with E-state index in [2.05, 4.69) is 10.3 Å². The minimum absolute atomic E-state index is 0.0465. The molecule has 2 N–H and O–H groups in total. The summed E-state index contributed by atoms with van der Waals surface area (Å²) in [4.78, 5) is 41.8. The Hall–Kier alpha value is -3.00. The monoisotopic (exact) mass is 399 g/mol. The van der Waals surface area contributed by atoms with Gasteiger partial charge in [0.25, 0.3) is 5.56 Å². The fourth-order valence-corrected chi connectivity index (χ4v) is 4.28. The van der Waals surface area contributed by atoms with Crippen molar-refractivity contribution in [3.8, 4) is 0 Å². The molecule has 7 nitrogen and oxygen atoms in total. The Morgan fingerprint density at radius 2 is 1.86 bits per heavy atom. The van der Waals surface area contributed by atoms with E-state index >= 15 is 0 Å². The highest BCUT2D eigenvalue weighted by molar-refractivity contribution is 7.17. The van der Waals surface area contributed by atoms with Crippen LogP contribution in [0.2, 0.25) is 0 Å². The molecule has 2 aromatic heterocycles. The number of carboxylic acid groups (broad SMARTS) is 1. The first-order chi connectivity index (χ1) is 13.2. The molecular formula is C20H21N3O4S. The lowest BCUT2D eigenvalue weighted by atomic mass is 10.1. The summed E-state index contributed by atoms with van der Waals surface area (Å²) in [5, 5.41) is 13.7. The number of carboxylic acids is 1. The minimum atomic E-state index is -1.18. The van der Waals surface area contributed by atoms with E-state index in [1.165, 1.54) is 9.95 Å². The highest BCUT2D eigenvalue weighted by atomic mass is 32.1. The van der Waals surface area contributed by atoms with Gasteiger partial charge in [-0.15, -0.1) is 11.3 Å². The molecular weight excluding hydrogens is 378 g/mol. The van der Waals surface area contributed by atoms with Gasteiger partial charge in [-0.3, -0.25) is 14.2 Å². The van der Waals surface area contributed by atoms with E-state index in [0.29, 0.717) is 17.1 Å². The molecule has 2 heterocycles.